The summed E-state index contributed by atoms with van der Waals surface area (Å²) in [6.45, 7) is 7.65. The molecule has 2 heterocycles. The Kier molecular flexibility index (Phi) is 4.93. The molecule has 0 spiro atoms. The number of morpholine rings is 1. The molecule has 1 aliphatic rings. The number of ether oxygens (including phenoxy) is 1. The maximum atomic E-state index is 11.5. The third kappa shape index (κ3) is 3.33. The number of nitrogens with two attached hydrogens (primary N) is 1. The van der Waals surface area contributed by atoms with Crippen molar-refractivity contribution in [1.29, 1.82) is 0 Å². The van der Waals surface area contributed by atoms with Crippen molar-refractivity contribution in [3.05, 3.63) is 21.4 Å². The van der Waals surface area contributed by atoms with Crippen molar-refractivity contribution in [3.63, 3.8) is 0 Å². The first kappa shape index (κ1) is 14.5. The highest BCUT2D eigenvalue weighted by atomic mass is 32.1. The van der Waals surface area contributed by atoms with E-state index in [-0.39, 0.29) is 5.91 Å². The zero-order valence-electron chi connectivity index (χ0n) is 11.4. The summed E-state index contributed by atoms with van der Waals surface area (Å²) in [6.07, 6.45) is 1.08. The summed E-state index contributed by atoms with van der Waals surface area (Å²) < 4.78 is 5.51. The SMILES string of the molecule is CCC1COCCN1Cc1cc(C(=O)NN)sc1C. The third-order valence-electron chi connectivity index (χ3n) is 3.57. The Labute approximate surface area is 117 Å². The van der Waals surface area contributed by atoms with Crippen LogP contribution in [0.4, 0.5) is 0 Å². The maximum absolute atomic E-state index is 11.5. The summed E-state index contributed by atoms with van der Waals surface area (Å²) in [5.74, 6) is 4.96. The normalized spacial score (nSPS) is 20.5. The predicted molar refractivity (Wildman–Crippen MR) is 76.0 cm³/mol. The highest BCUT2D eigenvalue weighted by molar-refractivity contribution is 7.14. The fourth-order valence-electron chi connectivity index (χ4n) is 2.35. The summed E-state index contributed by atoms with van der Waals surface area (Å²) in [5, 5.41) is 0. The minimum Gasteiger partial charge on any atom is -0.378 e. The van der Waals surface area contributed by atoms with Gasteiger partial charge in [-0.25, -0.2) is 5.84 Å². The van der Waals surface area contributed by atoms with Crippen LogP contribution in [0.15, 0.2) is 6.07 Å². The molecule has 0 radical (unpaired) electrons. The fourth-order valence-corrected chi connectivity index (χ4v) is 3.29. The van der Waals surface area contributed by atoms with Gasteiger partial charge in [0.1, 0.15) is 0 Å². The lowest BCUT2D eigenvalue weighted by molar-refractivity contribution is -0.0127. The molecule has 3 N–H and O–H groups in total. The first-order chi connectivity index (χ1) is 9.15. The van der Waals surface area contributed by atoms with Crippen LogP contribution in [0.1, 0.15) is 33.5 Å². The number of carbonyl (C=O) groups excluding carboxylic acids is 1. The van der Waals surface area contributed by atoms with E-state index in [4.69, 9.17) is 10.6 Å². The van der Waals surface area contributed by atoms with E-state index in [1.807, 2.05) is 6.07 Å². The van der Waals surface area contributed by atoms with Gasteiger partial charge in [0.05, 0.1) is 18.1 Å². The molecule has 1 aromatic heterocycles. The van der Waals surface area contributed by atoms with Gasteiger partial charge in [0.15, 0.2) is 0 Å². The van der Waals surface area contributed by atoms with Crippen LogP contribution in [0.25, 0.3) is 0 Å². The van der Waals surface area contributed by atoms with E-state index in [1.54, 1.807) is 0 Å². The summed E-state index contributed by atoms with van der Waals surface area (Å²) in [5.41, 5.74) is 3.40. The molecule has 0 aromatic carbocycles. The highest BCUT2D eigenvalue weighted by Gasteiger charge is 2.23. The second-order valence-electron chi connectivity index (χ2n) is 4.77. The van der Waals surface area contributed by atoms with Crippen molar-refractivity contribution in [1.82, 2.24) is 10.3 Å². The molecule has 0 saturated carbocycles. The average molecular weight is 283 g/mol. The first-order valence-electron chi connectivity index (χ1n) is 6.57. The zero-order valence-corrected chi connectivity index (χ0v) is 12.3. The smallest absolute Gasteiger partial charge is 0.275 e. The van der Waals surface area contributed by atoms with Gasteiger partial charge in [-0.3, -0.25) is 15.1 Å². The molecule has 106 valence electrons. The molecule has 2 rings (SSSR count). The van der Waals surface area contributed by atoms with Crippen molar-refractivity contribution in [2.24, 2.45) is 5.84 Å². The van der Waals surface area contributed by atoms with Crippen LogP contribution in [-0.2, 0) is 11.3 Å². The van der Waals surface area contributed by atoms with Crippen molar-refractivity contribution < 1.29 is 9.53 Å². The molecule has 1 saturated heterocycles. The molecule has 1 aliphatic heterocycles. The molecule has 0 bridgehead atoms. The number of nitrogens with zero attached hydrogens (tertiary/aromatic N) is 1. The predicted octanol–water partition coefficient (Wildman–Crippen LogP) is 1.27. The number of hydrogen-bond donors (Lipinski definition) is 2. The van der Waals surface area contributed by atoms with E-state index in [0.717, 1.165) is 32.7 Å². The Hall–Kier alpha value is -0.950. The second kappa shape index (κ2) is 6.47. The lowest BCUT2D eigenvalue weighted by Crippen LogP contribution is -2.44. The number of thiophene rings is 1. The zero-order chi connectivity index (χ0) is 13.8. The molecule has 1 atom stereocenters. The van der Waals surface area contributed by atoms with Gasteiger partial charge < -0.3 is 4.74 Å². The van der Waals surface area contributed by atoms with Gasteiger partial charge in [-0.05, 0) is 25.0 Å². The first-order valence-corrected chi connectivity index (χ1v) is 7.39. The number of hydrogen-bond acceptors (Lipinski definition) is 5. The number of aryl methyl sites for hydroxylation is 1. The quantitative estimate of drug-likeness (QED) is 0.496. The van der Waals surface area contributed by atoms with Gasteiger partial charge in [0, 0.05) is 24.0 Å². The van der Waals surface area contributed by atoms with Gasteiger partial charge in [-0.1, -0.05) is 6.92 Å². The molecule has 0 aliphatic carbocycles. The largest absolute Gasteiger partial charge is 0.378 e. The van der Waals surface area contributed by atoms with Gasteiger partial charge in [0.2, 0.25) is 0 Å². The van der Waals surface area contributed by atoms with Crippen LogP contribution in [0.5, 0.6) is 0 Å². The number of amides is 1. The fraction of sp³-hybridized carbons (Fsp3) is 0.615. The molecular weight excluding hydrogens is 262 g/mol. The monoisotopic (exact) mass is 283 g/mol. The molecule has 1 fully saturated rings. The lowest BCUT2D eigenvalue weighted by Gasteiger charge is -2.35. The van der Waals surface area contributed by atoms with Gasteiger partial charge >= 0.3 is 0 Å². The van der Waals surface area contributed by atoms with E-state index in [9.17, 15) is 4.79 Å². The van der Waals surface area contributed by atoms with Crippen LogP contribution < -0.4 is 11.3 Å². The van der Waals surface area contributed by atoms with Crippen LogP contribution in [0, 0.1) is 6.92 Å². The van der Waals surface area contributed by atoms with Crippen LogP contribution in [-0.4, -0.2) is 36.6 Å². The minimum atomic E-state index is -0.214. The van der Waals surface area contributed by atoms with Gasteiger partial charge in [0.25, 0.3) is 5.91 Å². The summed E-state index contributed by atoms with van der Waals surface area (Å²) in [7, 11) is 0. The standard InChI is InChI=1S/C13H21N3O2S/c1-3-11-8-18-5-4-16(11)7-10-6-12(13(17)15-14)19-9(10)2/h6,11H,3-5,7-8,14H2,1-2H3,(H,15,17). The summed E-state index contributed by atoms with van der Waals surface area (Å²) >= 11 is 1.49. The van der Waals surface area contributed by atoms with Crippen LogP contribution in [0.2, 0.25) is 0 Å². The van der Waals surface area contributed by atoms with Crippen LogP contribution >= 0.6 is 11.3 Å². The molecular formula is C13H21N3O2S. The molecule has 1 aromatic rings. The lowest BCUT2D eigenvalue weighted by atomic mass is 10.1. The van der Waals surface area contributed by atoms with Gasteiger partial charge in [-0.15, -0.1) is 11.3 Å². The van der Waals surface area contributed by atoms with E-state index in [0.29, 0.717) is 10.9 Å². The third-order valence-corrected chi connectivity index (χ3v) is 4.66. The van der Waals surface area contributed by atoms with E-state index in [1.165, 1.54) is 21.8 Å². The number of nitrogen functional groups attached to an aromatic ring is 1. The van der Waals surface area contributed by atoms with Gasteiger partial charge in [-0.2, -0.15) is 0 Å². The molecule has 1 unspecified atom stereocenters. The average Bonchev–Trinajstić information content (AvgIpc) is 2.80. The number of hydrazine groups is 1. The highest BCUT2D eigenvalue weighted by Crippen LogP contribution is 2.24. The van der Waals surface area contributed by atoms with Crippen molar-refractivity contribution in [3.8, 4) is 0 Å². The molecule has 19 heavy (non-hydrogen) atoms. The van der Waals surface area contributed by atoms with Crippen molar-refractivity contribution in [2.45, 2.75) is 32.9 Å². The number of nitrogens with one attached hydrogen (secondary N) is 1. The van der Waals surface area contributed by atoms with Crippen molar-refractivity contribution in [2.75, 3.05) is 19.8 Å². The second-order valence-corrected chi connectivity index (χ2v) is 6.03. The molecule has 6 heteroatoms. The molecule has 5 nitrogen and oxygen atoms in total. The molecule has 1 amide bonds. The van der Waals surface area contributed by atoms with Crippen LogP contribution in [0.3, 0.4) is 0 Å². The van der Waals surface area contributed by atoms with Crippen molar-refractivity contribution >= 4 is 17.2 Å². The number of carbonyl (C=O) groups is 1. The Balaban J connectivity index is 2.09. The number of rotatable bonds is 4. The topological polar surface area (TPSA) is 67.6 Å². The summed E-state index contributed by atoms with van der Waals surface area (Å²) in [6, 6.07) is 2.42. The minimum absolute atomic E-state index is 0.214. The van der Waals surface area contributed by atoms with E-state index >= 15 is 0 Å². The summed E-state index contributed by atoms with van der Waals surface area (Å²) in [4.78, 5) is 15.8. The maximum Gasteiger partial charge on any atom is 0.275 e. The Morgan fingerprint density at radius 1 is 1.68 bits per heavy atom. The Bertz CT molecular complexity index is 447. The Morgan fingerprint density at radius 2 is 2.47 bits per heavy atom. The Morgan fingerprint density at radius 3 is 3.16 bits per heavy atom. The van der Waals surface area contributed by atoms with E-state index < -0.39 is 0 Å². The van der Waals surface area contributed by atoms with E-state index in [2.05, 4.69) is 24.2 Å².